The largest absolute Gasteiger partial charge is 0.236 e. The summed E-state index contributed by atoms with van der Waals surface area (Å²) < 4.78 is 28.7. The maximum absolute atomic E-state index is 13.7. The van der Waals surface area contributed by atoms with Crippen molar-refractivity contribution in [2.24, 2.45) is 0 Å². The van der Waals surface area contributed by atoms with E-state index in [1.165, 1.54) is 38.7 Å². The van der Waals surface area contributed by atoms with Gasteiger partial charge >= 0.3 is 0 Å². The summed E-state index contributed by atoms with van der Waals surface area (Å²) in [6.07, 6.45) is 0. The molecule has 0 spiro atoms. The predicted molar refractivity (Wildman–Crippen MR) is 176 cm³/mol. The summed E-state index contributed by atoms with van der Waals surface area (Å²) in [5.41, 5.74) is 8.09. The topological polar surface area (TPSA) is 12.9 Å². The van der Waals surface area contributed by atoms with Crippen molar-refractivity contribution in [2.45, 2.75) is 0 Å². The van der Waals surface area contributed by atoms with Gasteiger partial charge in [-0.25, -0.2) is 13.8 Å². The fourth-order valence-electron chi connectivity index (χ4n) is 5.73. The molecule has 1 aromatic heterocycles. The number of hydrogen-bond donors (Lipinski definition) is 0. The molecule has 0 aliphatic carbocycles. The number of halogens is 2. The highest BCUT2D eigenvalue weighted by Gasteiger charge is 2.09. The van der Waals surface area contributed by atoms with Gasteiger partial charge in [0.25, 0.3) is 0 Å². The van der Waals surface area contributed by atoms with Crippen LogP contribution < -0.4 is 0 Å². The van der Waals surface area contributed by atoms with Crippen LogP contribution >= 0.6 is 11.3 Å². The van der Waals surface area contributed by atoms with E-state index in [2.05, 4.69) is 97.1 Å². The molecule has 0 unspecified atom stereocenters. The average molecular weight is 576 g/mol. The van der Waals surface area contributed by atoms with Crippen molar-refractivity contribution in [3.63, 3.8) is 0 Å². The van der Waals surface area contributed by atoms with Crippen molar-refractivity contribution >= 4 is 43.1 Å². The fourth-order valence-corrected chi connectivity index (χ4v) is 6.70. The Morgan fingerprint density at radius 2 is 0.837 bits per heavy atom. The van der Waals surface area contributed by atoms with Gasteiger partial charge in [0, 0.05) is 11.6 Å². The molecule has 7 aromatic carbocycles. The maximum atomic E-state index is 13.7. The summed E-state index contributed by atoms with van der Waals surface area (Å²) in [7, 11) is 0. The van der Waals surface area contributed by atoms with Gasteiger partial charge in [-0.2, -0.15) is 0 Å². The summed E-state index contributed by atoms with van der Waals surface area (Å²) in [4.78, 5) is 4.79. The van der Waals surface area contributed by atoms with Gasteiger partial charge in [-0.3, -0.25) is 0 Å². The molecule has 0 saturated heterocycles. The molecule has 0 amide bonds. The standard InChI is InChI=1S/C39H23F2NS/c40-35-21-34(22-36(41)23-35)33-16-15-31-19-30(13-14-32(31)20-33)29-12-11-27-17-26(9-10-28(27)18-29)24-5-7-25(8-6-24)39-42-37-3-1-2-4-38(37)43-39/h1-23H. The first-order chi connectivity index (χ1) is 21.1. The lowest BCUT2D eigenvalue weighted by atomic mass is 9.95. The van der Waals surface area contributed by atoms with Crippen LogP contribution in [0.3, 0.4) is 0 Å². The first kappa shape index (κ1) is 25.5. The van der Waals surface area contributed by atoms with Crippen LogP contribution in [0.2, 0.25) is 0 Å². The molecule has 0 atom stereocenters. The Kier molecular flexibility index (Phi) is 6.09. The van der Waals surface area contributed by atoms with E-state index in [1.807, 2.05) is 24.3 Å². The Hall–Kier alpha value is -5.19. The summed E-state index contributed by atoms with van der Waals surface area (Å²) in [5, 5.41) is 5.49. The van der Waals surface area contributed by atoms with Crippen molar-refractivity contribution in [3.8, 4) is 44.0 Å². The van der Waals surface area contributed by atoms with Crippen molar-refractivity contribution < 1.29 is 8.78 Å². The molecule has 0 aliphatic heterocycles. The van der Waals surface area contributed by atoms with Gasteiger partial charge < -0.3 is 0 Å². The molecule has 8 rings (SSSR count). The molecule has 0 radical (unpaired) electrons. The van der Waals surface area contributed by atoms with Gasteiger partial charge in [0.1, 0.15) is 16.6 Å². The quantitative estimate of drug-likeness (QED) is 0.203. The van der Waals surface area contributed by atoms with Gasteiger partial charge in [0.2, 0.25) is 0 Å². The van der Waals surface area contributed by atoms with Crippen molar-refractivity contribution in [1.82, 2.24) is 4.98 Å². The molecule has 43 heavy (non-hydrogen) atoms. The molecule has 0 aliphatic rings. The third-order valence-electron chi connectivity index (χ3n) is 7.97. The van der Waals surface area contributed by atoms with E-state index in [9.17, 15) is 8.78 Å². The molecule has 204 valence electrons. The average Bonchev–Trinajstić information content (AvgIpc) is 3.48. The second kappa shape index (κ2) is 10.3. The van der Waals surface area contributed by atoms with Crippen LogP contribution in [0.25, 0.3) is 75.7 Å². The molecule has 0 fully saturated rings. The summed E-state index contributed by atoms with van der Waals surface area (Å²) >= 11 is 1.72. The van der Waals surface area contributed by atoms with E-state index >= 15 is 0 Å². The first-order valence-electron chi connectivity index (χ1n) is 14.1. The maximum Gasteiger partial charge on any atom is 0.126 e. The van der Waals surface area contributed by atoms with Crippen molar-refractivity contribution in [1.29, 1.82) is 0 Å². The van der Waals surface area contributed by atoms with Crippen LogP contribution in [-0.2, 0) is 0 Å². The minimum atomic E-state index is -0.577. The highest BCUT2D eigenvalue weighted by molar-refractivity contribution is 7.21. The van der Waals surface area contributed by atoms with Gasteiger partial charge in [0.15, 0.2) is 0 Å². The van der Waals surface area contributed by atoms with E-state index in [4.69, 9.17) is 4.98 Å². The monoisotopic (exact) mass is 575 g/mol. The minimum absolute atomic E-state index is 0.529. The number of para-hydroxylation sites is 1. The predicted octanol–water partition coefficient (Wildman–Crippen LogP) is 11.5. The highest BCUT2D eigenvalue weighted by atomic mass is 32.1. The molecule has 4 heteroatoms. The molecule has 0 saturated carbocycles. The van der Waals surface area contributed by atoms with E-state index < -0.39 is 11.6 Å². The molecular weight excluding hydrogens is 552 g/mol. The number of fused-ring (bicyclic) bond motifs is 3. The molecule has 8 aromatic rings. The fraction of sp³-hybridized carbons (Fsp3) is 0. The van der Waals surface area contributed by atoms with Crippen LogP contribution in [0, 0.1) is 11.6 Å². The Morgan fingerprint density at radius 1 is 0.395 bits per heavy atom. The van der Waals surface area contributed by atoms with Crippen LogP contribution in [0.5, 0.6) is 0 Å². The second-order valence-electron chi connectivity index (χ2n) is 10.8. The second-order valence-corrected chi connectivity index (χ2v) is 11.8. The summed E-state index contributed by atoms with van der Waals surface area (Å²) in [6.45, 7) is 0. The molecular formula is C39H23F2NS. The molecule has 1 nitrogen and oxygen atoms in total. The van der Waals surface area contributed by atoms with Gasteiger partial charge in [-0.15, -0.1) is 11.3 Å². The van der Waals surface area contributed by atoms with Gasteiger partial charge in [-0.05, 0) is 103 Å². The van der Waals surface area contributed by atoms with Crippen LogP contribution in [0.15, 0.2) is 140 Å². The normalized spacial score (nSPS) is 11.5. The Balaban J connectivity index is 1.06. The number of nitrogens with zero attached hydrogens (tertiary/aromatic N) is 1. The molecule has 1 heterocycles. The van der Waals surface area contributed by atoms with Crippen LogP contribution in [0.4, 0.5) is 8.78 Å². The zero-order chi connectivity index (χ0) is 28.9. The lowest BCUT2D eigenvalue weighted by Crippen LogP contribution is -1.85. The van der Waals surface area contributed by atoms with Gasteiger partial charge in [-0.1, -0.05) is 84.9 Å². The number of aromatic nitrogens is 1. The molecule has 0 N–H and O–H groups in total. The van der Waals surface area contributed by atoms with E-state index in [-0.39, 0.29) is 0 Å². The van der Waals surface area contributed by atoms with E-state index in [0.717, 1.165) is 49.6 Å². The first-order valence-corrected chi connectivity index (χ1v) is 14.9. The Bertz CT molecular complexity index is 2270. The third-order valence-corrected chi connectivity index (χ3v) is 9.05. The highest BCUT2D eigenvalue weighted by Crippen LogP contribution is 2.34. The number of thiazole rings is 1. The zero-order valence-electron chi connectivity index (χ0n) is 22.9. The minimum Gasteiger partial charge on any atom is -0.236 e. The van der Waals surface area contributed by atoms with Crippen molar-refractivity contribution in [2.75, 3.05) is 0 Å². The Labute approximate surface area is 251 Å². The smallest absolute Gasteiger partial charge is 0.126 e. The summed E-state index contributed by atoms with van der Waals surface area (Å²) in [6, 6.07) is 45.9. The number of rotatable bonds is 4. The number of hydrogen-bond acceptors (Lipinski definition) is 2. The lowest BCUT2D eigenvalue weighted by molar-refractivity contribution is 0.584. The zero-order valence-corrected chi connectivity index (χ0v) is 23.7. The Morgan fingerprint density at radius 3 is 1.37 bits per heavy atom. The van der Waals surface area contributed by atoms with Crippen LogP contribution in [0.1, 0.15) is 0 Å². The number of benzene rings is 7. The van der Waals surface area contributed by atoms with Crippen LogP contribution in [-0.4, -0.2) is 4.98 Å². The van der Waals surface area contributed by atoms with E-state index in [0.29, 0.717) is 5.56 Å². The summed E-state index contributed by atoms with van der Waals surface area (Å²) in [5.74, 6) is -1.15. The lowest BCUT2D eigenvalue weighted by Gasteiger charge is -2.09. The third kappa shape index (κ3) is 4.86. The van der Waals surface area contributed by atoms with Crippen molar-refractivity contribution in [3.05, 3.63) is 151 Å². The SMILES string of the molecule is Fc1cc(F)cc(-c2ccc3cc(-c4ccc5cc(-c6ccc(-c7nc8ccccc8s7)cc6)ccc5c4)ccc3c2)c1. The van der Waals surface area contributed by atoms with Gasteiger partial charge in [0.05, 0.1) is 10.2 Å². The molecule has 0 bridgehead atoms. The van der Waals surface area contributed by atoms with E-state index in [1.54, 1.807) is 11.3 Å².